The molecule has 6 heteroatoms. The molecule has 0 aliphatic rings. The van der Waals surface area contributed by atoms with Crippen molar-refractivity contribution in [1.29, 1.82) is 0 Å². The van der Waals surface area contributed by atoms with Crippen LogP contribution in [-0.2, 0) is 14.3 Å². The van der Waals surface area contributed by atoms with E-state index in [1.54, 1.807) is 6.08 Å². The van der Waals surface area contributed by atoms with Crippen LogP contribution in [0.25, 0.3) is 0 Å². The molecule has 0 aromatic heterocycles. The van der Waals surface area contributed by atoms with E-state index in [9.17, 15) is 19.8 Å². The molecule has 0 aromatic carbocycles. The first-order valence-corrected chi connectivity index (χ1v) is 28.4. The summed E-state index contributed by atoms with van der Waals surface area (Å²) in [5.41, 5.74) is 0. The van der Waals surface area contributed by atoms with Crippen LogP contribution in [0.1, 0.15) is 290 Å². The first kappa shape index (κ1) is 62.8. The number of allylic oxidation sites excluding steroid dienone is 7. The molecule has 0 aliphatic carbocycles. The van der Waals surface area contributed by atoms with Crippen LogP contribution in [0.4, 0.5) is 0 Å². The Morgan fingerprint density at radius 3 is 1.20 bits per heavy atom. The Labute approximate surface area is 404 Å². The molecule has 0 spiro atoms. The topological polar surface area (TPSA) is 95.9 Å². The number of esters is 1. The molecule has 380 valence electrons. The van der Waals surface area contributed by atoms with Crippen LogP contribution in [0.3, 0.4) is 0 Å². The van der Waals surface area contributed by atoms with E-state index in [1.807, 2.05) is 6.08 Å². The maximum absolute atomic E-state index is 12.4. The highest BCUT2D eigenvalue weighted by Gasteiger charge is 2.18. The molecule has 0 bridgehead atoms. The van der Waals surface area contributed by atoms with E-state index < -0.39 is 12.1 Å². The standard InChI is InChI=1S/C59H109NO5/c1-3-5-7-9-11-13-14-15-16-27-30-33-37-41-45-49-53-59(64)65-54-50-46-42-38-34-31-28-25-23-21-19-17-18-20-22-24-26-29-32-36-40-44-48-52-58(63)60-56(55-61)57(62)51-47-43-39-35-12-10-8-6-4-2/h13-14,16,20,22,27,47,51,56-57,61-62H,3-12,15,17-19,21,23-26,28-46,48-50,52-55H2,1-2H3,(H,60,63)/b14-13-,22-20-,27-16-,51-47+. The van der Waals surface area contributed by atoms with Crippen molar-refractivity contribution in [3.8, 4) is 0 Å². The Bertz CT molecular complexity index is 1100. The summed E-state index contributed by atoms with van der Waals surface area (Å²) >= 11 is 0. The zero-order chi connectivity index (χ0) is 47.2. The van der Waals surface area contributed by atoms with Crippen molar-refractivity contribution in [2.45, 2.75) is 302 Å². The van der Waals surface area contributed by atoms with Crippen molar-refractivity contribution in [3.63, 3.8) is 0 Å². The molecule has 2 unspecified atom stereocenters. The summed E-state index contributed by atoms with van der Waals surface area (Å²) in [5, 5.41) is 22.9. The third-order valence-corrected chi connectivity index (χ3v) is 12.8. The lowest BCUT2D eigenvalue weighted by molar-refractivity contribution is -0.143. The van der Waals surface area contributed by atoms with Gasteiger partial charge in [0.05, 0.1) is 25.4 Å². The second kappa shape index (κ2) is 54.4. The number of unbranched alkanes of at least 4 members (excludes halogenated alkanes) is 35. The predicted octanol–water partition coefficient (Wildman–Crippen LogP) is 17.4. The van der Waals surface area contributed by atoms with Crippen molar-refractivity contribution < 1.29 is 24.5 Å². The number of rotatable bonds is 52. The van der Waals surface area contributed by atoms with Gasteiger partial charge < -0.3 is 20.3 Å². The molecule has 0 rings (SSSR count). The Hall–Kier alpha value is -2.18. The van der Waals surface area contributed by atoms with Crippen LogP contribution in [-0.4, -0.2) is 47.4 Å². The highest BCUT2D eigenvalue weighted by molar-refractivity contribution is 5.76. The highest BCUT2D eigenvalue weighted by Crippen LogP contribution is 2.15. The minimum atomic E-state index is -0.846. The van der Waals surface area contributed by atoms with Crippen LogP contribution < -0.4 is 5.32 Å². The Kier molecular flexibility index (Phi) is 52.6. The Morgan fingerprint density at radius 2 is 0.769 bits per heavy atom. The monoisotopic (exact) mass is 912 g/mol. The number of amides is 1. The molecule has 65 heavy (non-hydrogen) atoms. The molecule has 0 aliphatic heterocycles. The van der Waals surface area contributed by atoms with Crippen LogP contribution in [0.2, 0.25) is 0 Å². The lowest BCUT2D eigenvalue weighted by atomic mass is 10.0. The zero-order valence-electron chi connectivity index (χ0n) is 43.2. The molecule has 1 amide bonds. The summed E-state index contributed by atoms with van der Waals surface area (Å²) < 4.78 is 5.47. The third kappa shape index (κ3) is 51.1. The number of aliphatic hydroxyl groups is 2. The van der Waals surface area contributed by atoms with Crippen LogP contribution in [0, 0.1) is 0 Å². The number of hydrogen-bond acceptors (Lipinski definition) is 5. The molecule has 0 radical (unpaired) electrons. The number of carbonyl (C=O) groups is 2. The smallest absolute Gasteiger partial charge is 0.305 e. The summed E-state index contributed by atoms with van der Waals surface area (Å²) in [7, 11) is 0. The molecule has 0 saturated carbocycles. The van der Waals surface area contributed by atoms with Crippen molar-refractivity contribution >= 4 is 11.9 Å². The van der Waals surface area contributed by atoms with Gasteiger partial charge in [0.2, 0.25) is 5.91 Å². The summed E-state index contributed by atoms with van der Waals surface area (Å²) in [6.07, 6.45) is 68.6. The van der Waals surface area contributed by atoms with Crippen molar-refractivity contribution in [2.75, 3.05) is 13.2 Å². The van der Waals surface area contributed by atoms with Gasteiger partial charge in [-0.15, -0.1) is 0 Å². The number of aliphatic hydroxyl groups excluding tert-OH is 2. The van der Waals surface area contributed by atoms with Crippen LogP contribution in [0.15, 0.2) is 48.6 Å². The summed E-state index contributed by atoms with van der Waals surface area (Å²) in [5.74, 6) is -0.0813. The van der Waals surface area contributed by atoms with Crippen molar-refractivity contribution in [3.05, 3.63) is 48.6 Å². The van der Waals surface area contributed by atoms with Gasteiger partial charge in [0.25, 0.3) is 0 Å². The second-order valence-corrected chi connectivity index (χ2v) is 19.3. The molecule has 0 heterocycles. The molecule has 6 nitrogen and oxygen atoms in total. The maximum Gasteiger partial charge on any atom is 0.305 e. The van der Waals surface area contributed by atoms with Crippen molar-refractivity contribution in [2.24, 2.45) is 0 Å². The summed E-state index contributed by atoms with van der Waals surface area (Å²) in [6, 6.07) is -0.631. The summed E-state index contributed by atoms with van der Waals surface area (Å²) in [4.78, 5) is 24.4. The van der Waals surface area contributed by atoms with E-state index in [2.05, 4.69) is 55.6 Å². The first-order chi connectivity index (χ1) is 32.0. The van der Waals surface area contributed by atoms with Gasteiger partial charge in [0.1, 0.15) is 0 Å². The van der Waals surface area contributed by atoms with Gasteiger partial charge in [-0.2, -0.15) is 0 Å². The fourth-order valence-electron chi connectivity index (χ4n) is 8.42. The third-order valence-electron chi connectivity index (χ3n) is 12.8. The number of hydrogen-bond donors (Lipinski definition) is 3. The van der Waals surface area contributed by atoms with E-state index in [-0.39, 0.29) is 18.5 Å². The fourth-order valence-corrected chi connectivity index (χ4v) is 8.42. The van der Waals surface area contributed by atoms with Gasteiger partial charge in [0, 0.05) is 12.8 Å². The maximum atomic E-state index is 12.4. The predicted molar refractivity (Wildman–Crippen MR) is 282 cm³/mol. The molecular formula is C59H109NO5. The quantitative estimate of drug-likeness (QED) is 0.0321. The molecule has 0 aromatic rings. The Morgan fingerprint density at radius 1 is 0.431 bits per heavy atom. The van der Waals surface area contributed by atoms with E-state index in [0.717, 1.165) is 57.8 Å². The minimum absolute atomic E-state index is 0.00332. The normalized spacial score (nSPS) is 13.0. The average Bonchev–Trinajstić information content (AvgIpc) is 3.31. The van der Waals surface area contributed by atoms with Crippen LogP contribution in [0.5, 0.6) is 0 Å². The largest absolute Gasteiger partial charge is 0.466 e. The van der Waals surface area contributed by atoms with Gasteiger partial charge >= 0.3 is 5.97 Å². The molecular weight excluding hydrogens is 803 g/mol. The molecule has 0 fully saturated rings. The minimum Gasteiger partial charge on any atom is -0.466 e. The van der Waals surface area contributed by atoms with E-state index >= 15 is 0 Å². The SMILES string of the molecule is CCCCCC/C=C\C/C=C\CCCCCCCC(=O)OCCCCCCCCCCCCCC/C=C\CCCCCCCCCC(=O)NC(CO)C(O)/C=C/CCCCCCCCC. The zero-order valence-corrected chi connectivity index (χ0v) is 43.2. The molecule has 3 N–H and O–H groups in total. The van der Waals surface area contributed by atoms with Gasteiger partial charge in [-0.25, -0.2) is 0 Å². The van der Waals surface area contributed by atoms with Gasteiger partial charge in [0.15, 0.2) is 0 Å². The first-order valence-electron chi connectivity index (χ1n) is 28.4. The van der Waals surface area contributed by atoms with Crippen LogP contribution >= 0.6 is 0 Å². The Balaban J connectivity index is 3.41. The van der Waals surface area contributed by atoms with Gasteiger partial charge in [-0.1, -0.05) is 236 Å². The lowest BCUT2D eigenvalue weighted by Crippen LogP contribution is -2.45. The number of ether oxygens (including phenoxy) is 1. The average molecular weight is 913 g/mol. The summed E-state index contributed by atoms with van der Waals surface area (Å²) in [6.45, 7) is 4.84. The number of carbonyl (C=O) groups excluding carboxylic acids is 2. The molecule has 0 saturated heterocycles. The van der Waals surface area contributed by atoms with E-state index in [4.69, 9.17) is 4.74 Å². The second-order valence-electron chi connectivity index (χ2n) is 19.3. The van der Waals surface area contributed by atoms with Crippen molar-refractivity contribution in [1.82, 2.24) is 5.32 Å². The van der Waals surface area contributed by atoms with Gasteiger partial charge in [-0.3, -0.25) is 9.59 Å². The van der Waals surface area contributed by atoms with E-state index in [1.165, 1.54) is 205 Å². The van der Waals surface area contributed by atoms with Gasteiger partial charge in [-0.05, 0) is 89.9 Å². The van der Waals surface area contributed by atoms with E-state index in [0.29, 0.717) is 19.4 Å². The molecule has 2 atom stereocenters. The lowest BCUT2D eigenvalue weighted by Gasteiger charge is -2.20. The number of nitrogens with one attached hydrogen (secondary N) is 1. The fraction of sp³-hybridized carbons (Fsp3) is 0.831. The highest BCUT2D eigenvalue weighted by atomic mass is 16.5.